The summed E-state index contributed by atoms with van der Waals surface area (Å²) in [4.78, 5) is 23.1. The van der Waals surface area contributed by atoms with Crippen LogP contribution >= 0.6 is 0 Å². The third kappa shape index (κ3) is 4.18. The van der Waals surface area contributed by atoms with Crippen LogP contribution in [0.1, 0.15) is 28.9 Å². The summed E-state index contributed by atoms with van der Waals surface area (Å²) < 4.78 is 10.5. The molecule has 0 saturated carbocycles. The van der Waals surface area contributed by atoms with Gasteiger partial charge in [0.1, 0.15) is 0 Å². The third-order valence-electron chi connectivity index (χ3n) is 4.51. The number of hydrogen-bond donors (Lipinski definition) is 2. The lowest BCUT2D eigenvalue weighted by atomic mass is 10.1. The van der Waals surface area contributed by atoms with E-state index < -0.39 is 4.92 Å². The third-order valence-corrected chi connectivity index (χ3v) is 4.51. The number of aromatic amines is 1. The molecule has 1 aromatic heterocycles. The lowest BCUT2D eigenvalue weighted by Crippen LogP contribution is -2.26. The Morgan fingerprint density at radius 2 is 1.83 bits per heavy atom. The molecular formula is C20H20N4O5. The zero-order chi connectivity index (χ0) is 21.0. The molecule has 2 N–H and O–H groups in total. The predicted octanol–water partition coefficient (Wildman–Crippen LogP) is 3.49. The number of nitro benzene ring substituents is 1. The number of carbonyl (C=O) groups excluding carboxylic acids is 1. The van der Waals surface area contributed by atoms with Gasteiger partial charge in [-0.3, -0.25) is 20.0 Å². The Morgan fingerprint density at radius 1 is 1.14 bits per heavy atom. The molecular weight excluding hydrogens is 376 g/mol. The van der Waals surface area contributed by atoms with E-state index in [1.54, 1.807) is 38.5 Å². The molecule has 3 rings (SSSR count). The number of methoxy groups -OCH3 is 2. The zero-order valence-electron chi connectivity index (χ0n) is 16.1. The van der Waals surface area contributed by atoms with Gasteiger partial charge in [-0.25, -0.2) is 0 Å². The summed E-state index contributed by atoms with van der Waals surface area (Å²) in [5, 5.41) is 20.5. The van der Waals surface area contributed by atoms with Crippen molar-refractivity contribution < 1.29 is 19.2 Å². The lowest BCUT2D eigenvalue weighted by Gasteiger charge is -2.16. The van der Waals surface area contributed by atoms with Gasteiger partial charge in [-0.2, -0.15) is 5.10 Å². The van der Waals surface area contributed by atoms with Crippen molar-refractivity contribution in [2.24, 2.45) is 0 Å². The summed E-state index contributed by atoms with van der Waals surface area (Å²) in [6.45, 7) is 1.85. The molecule has 0 aliphatic rings. The van der Waals surface area contributed by atoms with Crippen molar-refractivity contribution in [3.63, 3.8) is 0 Å². The van der Waals surface area contributed by atoms with E-state index in [9.17, 15) is 14.9 Å². The number of aromatic nitrogens is 2. The molecule has 0 bridgehead atoms. The van der Waals surface area contributed by atoms with Gasteiger partial charge >= 0.3 is 0 Å². The molecule has 29 heavy (non-hydrogen) atoms. The number of amides is 1. The molecule has 0 radical (unpaired) electrons. The highest BCUT2D eigenvalue weighted by Crippen LogP contribution is 2.30. The molecule has 0 unspecified atom stereocenters. The molecule has 0 spiro atoms. The molecule has 9 heteroatoms. The summed E-state index contributed by atoms with van der Waals surface area (Å²) in [6, 6.07) is 11.0. The molecule has 9 nitrogen and oxygen atoms in total. The van der Waals surface area contributed by atoms with Crippen LogP contribution in [0.4, 0.5) is 5.69 Å². The Balaban J connectivity index is 1.80. The average molecular weight is 396 g/mol. The number of hydrogen-bond acceptors (Lipinski definition) is 6. The van der Waals surface area contributed by atoms with Gasteiger partial charge in [0.2, 0.25) is 0 Å². The standard InChI is InChI=1S/C20H20N4O5/c1-12(14-6-9-17(28-2)18(10-14)29-3)22-20(25)16-11-21-23-19(16)13-4-7-15(8-5-13)24(26)27/h4-12H,1-3H3,(H,21,23)(H,22,25)/t12-/m1/s1. The van der Waals surface area contributed by atoms with E-state index in [0.717, 1.165) is 5.56 Å². The fourth-order valence-electron chi connectivity index (χ4n) is 2.91. The Kier molecular flexibility index (Phi) is 5.77. The van der Waals surface area contributed by atoms with Crippen molar-refractivity contribution in [3.8, 4) is 22.8 Å². The van der Waals surface area contributed by atoms with Gasteiger partial charge < -0.3 is 14.8 Å². The maximum Gasteiger partial charge on any atom is 0.269 e. The van der Waals surface area contributed by atoms with E-state index in [2.05, 4.69) is 15.5 Å². The van der Waals surface area contributed by atoms with Crippen LogP contribution in [-0.2, 0) is 0 Å². The number of non-ortho nitro benzene ring substituents is 1. The molecule has 3 aromatic rings. The first-order chi connectivity index (χ1) is 13.9. The first-order valence-corrected chi connectivity index (χ1v) is 8.75. The second-order valence-electron chi connectivity index (χ2n) is 6.27. The first kappa shape index (κ1) is 19.9. The Bertz CT molecular complexity index is 1030. The molecule has 0 fully saturated rings. The largest absolute Gasteiger partial charge is 0.493 e. The van der Waals surface area contributed by atoms with Crippen molar-refractivity contribution in [3.05, 3.63) is 69.9 Å². The Hall–Kier alpha value is -3.88. The maximum atomic E-state index is 12.8. The van der Waals surface area contributed by atoms with Crippen molar-refractivity contribution in [1.29, 1.82) is 0 Å². The first-order valence-electron chi connectivity index (χ1n) is 8.75. The highest BCUT2D eigenvalue weighted by Gasteiger charge is 2.19. The smallest absolute Gasteiger partial charge is 0.269 e. The van der Waals surface area contributed by atoms with Crippen LogP contribution in [0.2, 0.25) is 0 Å². The number of H-pyrrole nitrogens is 1. The van der Waals surface area contributed by atoms with Crippen LogP contribution in [0.15, 0.2) is 48.7 Å². The molecule has 1 heterocycles. The number of ether oxygens (including phenoxy) is 2. The van der Waals surface area contributed by atoms with E-state index in [1.807, 2.05) is 13.0 Å². The van der Waals surface area contributed by atoms with Crippen LogP contribution in [0, 0.1) is 10.1 Å². The number of nitrogens with one attached hydrogen (secondary N) is 2. The van der Waals surface area contributed by atoms with Gasteiger partial charge in [-0.15, -0.1) is 0 Å². The van der Waals surface area contributed by atoms with Gasteiger partial charge in [0, 0.05) is 17.7 Å². The van der Waals surface area contributed by atoms with Crippen LogP contribution in [0.25, 0.3) is 11.3 Å². The summed E-state index contributed by atoms with van der Waals surface area (Å²) >= 11 is 0. The molecule has 0 aliphatic carbocycles. The van der Waals surface area contributed by atoms with Gasteiger partial charge in [0.25, 0.3) is 11.6 Å². The van der Waals surface area contributed by atoms with E-state index in [0.29, 0.717) is 28.3 Å². The van der Waals surface area contributed by atoms with Crippen molar-refractivity contribution in [1.82, 2.24) is 15.5 Å². The van der Waals surface area contributed by atoms with Gasteiger partial charge in [0.05, 0.1) is 42.6 Å². The number of carbonyl (C=O) groups is 1. The van der Waals surface area contributed by atoms with Crippen LogP contribution in [0.3, 0.4) is 0 Å². The van der Waals surface area contributed by atoms with Gasteiger partial charge in [-0.1, -0.05) is 6.07 Å². The highest BCUT2D eigenvalue weighted by molar-refractivity contribution is 6.00. The Morgan fingerprint density at radius 3 is 2.45 bits per heavy atom. The van der Waals surface area contributed by atoms with Crippen LogP contribution < -0.4 is 14.8 Å². The fraction of sp³-hybridized carbons (Fsp3) is 0.200. The monoisotopic (exact) mass is 396 g/mol. The summed E-state index contributed by atoms with van der Waals surface area (Å²) in [7, 11) is 3.11. The minimum atomic E-state index is -0.477. The van der Waals surface area contributed by atoms with Gasteiger partial charge in [-0.05, 0) is 36.8 Å². The predicted molar refractivity (Wildman–Crippen MR) is 106 cm³/mol. The maximum absolute atomic E-state index is 12.8. The molecule has 0 aliphatic heterocycles. The quantitative estimate of drug-likeness (QED) is 0.466. The summed E-state index contributed by atoms with van der Waals surface area (Å²) in [6.07, 6.45) is 1.42. The summed E-state index contributed by atoms with van der Waals surface area (Å²) in [5.41, 5.74) is 2.26. The topological polar surface area (TPSA) is 119 Å². The van der Waals surface area contributed by atoms with Crippen molar-refractivity contribution >= 4 is 11.6 Å². The average Bonchev–Trinajstić information content (AvgIpc) is 3.23. The fourth-order valence-corrected chi connectivity index (χ4v) is 2.91. The van der Waals surface area contributed by atoms with Crippen molar-refractivity contribution in [2.75, 3.05) is 14.2 Å². The van der Waals surface area contributed by atoms with Gasteiger partial charge in [0.15, 0.2) is 11.5 Å². The second-order valence-corrected chi connectivity index (χ2v) is 6.27. The molecule has 1 amide bonds. The minimum absolute atomic E-state index is 0.0265. The molecule has 150 valence electrons. The van der Waals surface area contributed by atoms with Crippen LogP contribution in [0.5, 0.6) is 11.5 Å². The SMILES string of the molecule is COc1ccc([C@@H](C)NC(=O)c2cn[nH]c2-c2ccc([N+](=O)[O-])cc2)cc1OC. The summed E-state index contributed by atoms with van der Waals surface area (Å²) in [5.74, 6) is 0.848. The number of benzene rings is 2. The van der Waals surface area contributed by atoms with E-state index in [1.165, 1.54) is 18.3 Å². The highest BCUT2D eigenvalue weighted by atomic mass is 16.6. The second kappa shape index (κ2) is 8.42. The van der Waals surface area contributed by atoms with E-state index in [-0.39, 0.29) is 17.6 Å². The molecule has 1 atom stereocenters. The minimum Gasteiger partial charge on any atom is -0.493 e. The zero-order valence-corrected chi connectivity index (χ0v) is 16.1. The molecule has 2 aromatic carbocycles. The molecule has 0 saturated heterocycles. The van der Waals surface area contributed by atoms with Crippen molar-refractivity contribution in [2.45, 2.75) is 13.0 Å². The van der Waals surface area contributed by atoms with E-state index >= 15 is 0 Å². The number of nitro groups is 1. The van der Waals surface area contributed by atoms with E-state index in [4.69, 9.17) is 9.47 Å². The Labute approximate surface area is 166 Å². The van der Waals surface area contributed by atoms with Crippen LogP contribution in [-0.4, -0.2) is 35.2 Å². The number of rotatable bonds is 7. The number of nitrogens with zero attached hydrogens (tertiary/aromatic N) is 2. The normalized spacial score (nSPS) is 11.6. The lowest BCUT2D eigenvalue weighted by molar-refractivity contribution is -0.384.